The smallest absolute Gasteiger partial charge is 0.454 e. The number of fused-ring (bicyclic) bond motifs is 1. The van der Waals surface area contributed by atoms with Crippen molar-refractivity contribution in [2.24, 2.45) is 0 Å². The molecule has 0 radical (unpaired) electrons. The SMILES string of the molecule is CCN(CCC#Cc1ccc2c(Nc3cc(OC(C)Nc4cccc(F)c4)[nH]n3)ncnc2c1)CCOP(=O)(OC(C)(C)C)OC(C)(C)C. The van der Waals surface area contributed by atoms with Crippen molar-refractivity contribution in [1.82, 2.24) is 25.1 Å². The Morgan fingerprint density at radius 2 is 1.78 bits per heavy atom. The maximum atomic E-state index is 13.5. The monoisotopic (exact) mass is 695 g/mol. The second-order valence-corrected chi connectivity index (χ2v) is 14.8. The van der Waals surface area contributed by atoms with E-state index < -0.39 is 25.3 Å². The number of hydrogen-bond acceptors (Lipinski definition) is 11. The van der Waals surface area contributed by atoms with Gasteiger partial charge in [0.25, 0.3) is 0 Å². The number of nitrogens with zero attached hydrogens (tertiary/aromatic N) is 4. The summed E-state index contributed by atoms with van der Waals surface area (Å²) in [7, 11) is -3.75. The van der Waals surface area contributed by atoms with Crippen LogP contribution in [0.25, 0.3) is 10.9 Å². The Balaban J connectivity index is 1.30. The van der Waals surface area contributed by atoms with Crippen LogP contribution in [-0.2, 0) is 18.1 Å². The van der Waals surface area contributed by atoms with Crippen molar-refractivity contribution in [1.29, 1.82) is 0 Å². The fourth-order valence-electron chi connectivity index (χ4n) is 4.65. The quantitative estimate of drug-likeness (QED) is 0.0636. The van der Waals surface area contributed by atoms with Crippen LogP contribution in [0.15, 0.2) is 54.9 Å². The van der Waals surface area contributed by atoms with Crippen LogP contribution in [0.1, 0.15) is 67.4 Å². The third-order valence-corrected chi connectivity index (χ3v) is 8.64. The summed E-state index contributed by atoms with van der Waals surface area (Å²) in [6.45, 7) is 17.0. The minimum atomic E-state index is -3.75. The lowest BCUT2D eigenvalue weighted by Gasteiger charge is -2.31. The van der Waals surface area contributed by atoms with Crippen molar-refractivity contribution in [2.45, 2.75) is 79.2 Å². The van der Waals surface area contributed by atoms with Crippen LogP contribution in [0, 0.1) is 17.7 Å². The molecule has 2 aromatic heterocycles. The zero-order chi connectivity index (χ0) is 35.7. The number of nitrogens with one attached hydrogen (secondary N) is 3. The van der Waals surface area contributed by atoms with Crippen LogP contribution >= 0.6 is 7.82 Å². The van der Waals surface area contributed by atoms with Gasteiger partial charge in [-0.1, -0.05) is 24.8 Å². The third-order valence-electron chi connectivity index (χ3n) is 6.60. The Morgan fingerprint density at radius 3 is 2.47 bits per heavy atom. The number of hydrogen-bond donors (Lipinski definition) is 3. The molecule has 1 atom stereocenters. The van der Waals surface area contributed by atoms with E-state index in [-0.39, 0.29) is 12.4 Å². The molecule has 2 aromatic carbocycles. The van der Waals surface area contributed by atoms with Gasteiger partial charge in [-0.25, -0.2) is 24.0 Å². The van der Waals surface area contributed by atoms with Gasteiger partial charge in [-0.15, -0.1) is 0 Å². The van der Waals surface area contributed by atoms with E-state index in [0.29, 0.717) is 36.2 Å². The summed E-state index contributed by atoms with van der Waals surface area (Å²) in [4.78, 5) is 11.0. The molecule has 0 spiro atoms. The number of phosphoric ester groups is 1. The summed E-state index contributed by atoms with van der Waals surface area (Å²) in [5.41, 5.74) is 0.804. The highest BCUT2D eigenvalue weighted by Gasteiger charge is 2.37. The summed E-state index contributed by atoms with van der Waals surface area (Å²) in [5, 5.41) is 14.2. The topological polar surface area (TPSA) is 136 Å². The molecule has 4 rings (SSSR count). The standard InChI is InChI=1S/C35H47FN7O5P/c1-9-43(19-20-45-49(44,47-34(3,4)5)48-35(6,7)8)18-11-10-13-26-16-17-29-30(21-26)37-24-38-33(29)40-31-23-32(42-41-31)46-25(2)39-28-15-12-14-27(36)22-28/h12,14-17,21-25,39H,9,11,18-20H2,1-8H3,(H2,37,38,40,41,42). The van der Waals surface area contributed by atoms with E-state index in [2.05, 4.69) is 54.5 Å². The van der Waals surface area contributed by atoms with Crippen molar-refractivity contribution in [3.05, 3.63) is 66.2 Å². The molecule has 0 aliphatic carbocycles. The molecule has 2 heterocycles. The van der Waals surface area contributed by atoms with Gasteiger partial charge in [-0.2, -0.15) is 5.10 Å². The zero-order valence-electron chi connectivity index (χ0n) is 29.5. The second-order valence-electron chi connectivity index (χ2n) is 13.3. The van der Waals surface area contributed by atoms with E-state index >= 15 is 0 Å². The predicted octanol–water partition coefficient (Wildman–Crippen LogP) is 7.89. The number of halogens is 1. The molecule has 0 aliphatic heterocycles. The normalized spacial score (nSPS) is 12.9. The zero-order valence-corrected chi connectivity index (χ0v) is 30.4. The van der Waals surface area contributed by atoms with Gasteiger partial charge in [0, 0.05) is 42.2 Å². The summed E-state index contributed by atoms with van der Waals surface area (Å²) < 4.78 is 49.7. The summed E-state index contributed by atoms with van der Waals surface area (Å²) in [6.07, 6.45) is 1.67. The number of anilines is 3. The molecule has 4 aromatic rings. The fraction of sp³-hybridized carbons (Fsp3) is 0.457. The minimum absolute atomic E-state index is 0.199. The lowest BCUT2D eigenvalue weighted by molar-refractivity contribution is 0.00120. The number of rotatable bonds is 15. The fourth-order valence-corrected chi connectivity index (χ4v) is 6.44. The van der Waals surface area contributed by atoms with Gasteiger partial charge in [-0.05, 0) is 91.4 Å². The third kappa shape index (κ3) is 12.7. The van der Waals surface area contributed by atoms with Crippen molar-refractivity contribution < 1.29 is 27.3 Å². The van der Waals surface area contributed by atoms with Gasteiger partial charge in [0.1, 0.15) is 18.0 Å². The Labute approximate surface area is 288 Å². The average Bonchev–Trinajstić information content (AvgIpc) is 3.42. The number of likely N-dealkylation sites (N-methyl/N-ethyl adjacent to an activating group) is 1. The number of phosphoric acid groups is 1. The molecule has 0 saturated heterocycles. The van der Waals surface area contributed by atoms with E-state index in [9.17, 15) is 8.96 Å². The van der Waals surface area contributed by atoms with Crippen LogP contribution in [0.4, 0.5) is 21.7 Å². The number of ether oxygens (including phenoxy) is 1. The largest absolute Gasteiger partial charge is 0.475 e. The van der Waals surface area contributed by atoms with Crippen molar-refractivity contribution in [3.8, 4) is 17.7 Å². The first kappa shape index (κ1) is 37.8. The molecule has 0 amide bonds. The van der Waals surface area contributed by atoms with E-state index in [1.54, 1.807) is 25.1 Å². The first-order valence-corrected chi connectivity index (χ1v) is 17.7. The van der Waals surface area contributed by atoms with Gasteiger partial charge < -0.3 is 20.3 Å². The molecule has 0 saturated carbocycles. The molecular weight excluding hydrogens is 648 g/mol. The highest BCUT2D eigenvalue weighted by molar-refractivity contribution is 7.48. The van der Waals surface area contributed by atoms with Crippen LogP contribution in [0.2, 0.25) is 0 Å². The minimum Gasteiger partial charge on any atom is -0.454 e. The molecule has 12 nitrogen and oxygen atoms in total. The number of benzene rings is 2. The van der Waals surface area contributed by atoms with E-state index in [1.807, 2.05) is 59.7 Å². The van der Waals surface area contributed by atoms with Crippen LogP contribution < -0.4 is 15.4 Å². The van der Waals surface area contributed by atoms with E-state index in [1.165, 1.54) is 18.5 Å². The maximum Gasteiger partial charge on any atom is 0.475 e. The van der Waals surface area contributed by atoms with Crippen LogP contribution in [0.5, 0.6) is 5.88 Å². The Hall–Kier alpha value is -4.05. The van der Waals surface area contributed by atoms with Crippen molar-refractivity contribution in [2.75, 3.05) is 36.9 Å². The molecular formula is C35H47FN7O5P. The highest BCUT2D eigenvalue weighted by atomic mass is 31.2. The highest BCUT2D eigenvalue weighted by Crippen LogP contribution is 2.55. The first-order valence-electron chi connectivity index (χ1n) is 16.2. The summed E-state index contributed by atoms with van der Waals surface area (Å²) >= 11 is 0. The molecule has 0 aliphatic rings. The molecule has 14 heteroatoms. The lowest BCUT2D eigenvalue weighted by atomic mass is 10.1. The van der Waals surface area contributed by atoms with Gasteiger partial charge in [-0.3, -0.25) is 13.6 Å². The number of aromatic amines is 1. The van der Waals surface area contributed by atoms with Gasteiger partial charge in [0.05, 0.1) is 23.3 Å². The Kier molecular flexibility index (Phi) is 12.8. The van der Waals surface area contributed by atoms with Gasteiger partial charge in [0.15, 0.2) is 12.0 Å². The maximum absolute atomic E-state index is 13.5. The van der Waals surface area contributed by atoms with E-state index in [4.69, 9.17) is 18.3 Å². The summed E-state index contributed by atoms with van der Waals surface area (Å²) in [5.74, 6) is 7.65. The molecule has 0 fully saturated rings. The predicted molar refractivity (Wildman–Crippen MR) is 190 cm³/mol. The number of H-pyrrole nitrogens is 1. The van der Waals surface area contributed by atoms with Crippen molar-refractivity contribution in [3.63, 3.8) is 0 Å². The summed E-state index contributed by atoms with van der Waals surface area (Å²) in [6, 6.07) is 13.6. The molecule has 49 heavy (non-hydrogen) atoms. The van der Waals surface area contributed by atoms with E-state index in [0.717, 1.165) is 29.6 Å². The van der Waals surface area contributed by atoms with Crippen molar-refractivity contribution >= 4 is 36.0 Å². The van der Waals surface area contributed by atoms with Crippen LogP contribution in [0.3, 0.4) is 0 Å². The second kappa shape index (κ2) is 16.6. The first-order chi connectivity index (χ1) is 23.1. The molecule has 264 valence electrons. The number of aromatic nitrogens is 4. The Bertz CT molecular complexity index is 1770. The van der Waals surface area contributed by atoms with Gasteiger partial charge in [0.2, 0.25) is 5.88 Å². The lowest BCUT2D eigenvalue weighted by Crippen LogP contribution is -2.29. The van der Waals surface area contributed by atoms with Crippen LogP contribution in [-0.4, -0.2) is 68.7 Å². The molecule has 0 bridgehead atoms. The molecule has 1 unspecified atom stereocenters. The average molecular weight is 696 g/mol. The van der Waals surface area contributed by atoms with Gasteiger partial charge >= 0.3 is 7.82 Å². The molecule has 3 N–H and O–H groups in total. The Morgan fingerprint density at radius 1 is 1.02 bits per heavy atom.